The summed E-state index contributed by atoms with van der Waals surface area (Å²) in [5, 5.41) is 0. The van der Waals surface area contributed by atoms with Crippen LogP contribution in [0.2, 0.25) is 0 Å². The van der Waals surface area contributed by atoms with Gasteiger partial charge in [0.05, 0.1) is 0 Å². The van der Waals surface area contributed by atoms with Gasteiger partial charge < -0.3 is 0 Å². The molecule has 0 bridgehead atoms. The summed E-state index contributed by atoms with van der Waals surface area (Å²) in [7, 11) is 5.61. The van der Waals surface area contributed by atoms with Gasteiger partial charge in [-0.1, -0.05) is 184 Å². The first-order chi connectivity index (χ1) is 20.3. The molecule has 0 amide bonds. The lowest BCUT2D eigenvalue weighted by atomic mass is 9.89. The van der Waals surface area contributed by atoms with Gasteiger partial charge in [0.15, 0.2) is 0 Å². The van der Waals surface area contributed by atoms with E-state index in [-0.39, 0.29) is 22.3 Å². The SMILES string of the molecule is C.C.C.C=C(C(C)C)C(C)C.CC(C)=C(C(C)C)C(C)C.CN=C(C(C)C)C(C)C.CN=C(C(C)C)C(C)C.CN=C(C(C)C)C(C)C. The summed E-state index contributed by atoms with van der Waals surface area (Å²) >= 11 is 0. The number of nitrogens with zero attached hydrogens (tertiary/aromatic N) is 3. The van der Waals surface area contributed by atoms with Gasteiger partial charge in [-0.05, 0) is 73.0 Å². The molecule has 0 aliphatic carbocycles. The number of hydrogen-bond acceptors (Lipinski definition) is 3. The smallest absolute Gasteiger partial charge is 0.0276 e. The maximum atomic E-state index is 4.20. The normalized spacial score (nSPS) is 9.98. The Hall–Kier alpha value is -1.51. The first kappa shape index (κ1) is 64.9. The Labute approximate surface area is 309 Å². The van der Waals surface area contributed by atoms with E-state index in [1.54, 1.807) is 5.57 Å². The molecule has 0 radical (unpaired) electrons. The van der Waals surface area contributed by atoms with E-state index in [0.717, 1.165) is 0 Å². The minimum absolute atomic E-state index is 0. The molecule has 0 rings (SSSR count). The highest BCUT2D eigenvalue weighted by Crippen LogP contribution is 2.22. The Morgan fingerprint density at radius 1 is 0.333 bits per heavy atom. The van der Waals surface area contributed by atoms with Gasteiger partial charge in [-0.2, -0.15) is 0 Å². The number of allylic oxidation sites excluding steroid dienone is 3. The molecular formula is C45H99N3. The fourth-order valence-corrected chi connectivity index (χ4v) is 6.04. The third-order valence-electron chi connectivity index (χ3n) is 7.63. The third kappa shape index (κ3) is 35.8. The molecule has 0 saturated carbocycles. The molecule has 0 spiro atoms. The van der Waals surface area contributed by atoms with Crippen LogP contribution in [-0.4, -0.2) is 38.3 Å². The fourth-order valence-electron chi connectivity index (χ4n) is 6.04. The van der Waals surface area contributed by atoms with E-state index in [2.05, 4.69) is 174 Å². The highest BCUT2D eigenvalue weighted by molar-refractivity contribution is 5.88. The van der Waals surface area contributed by atoms with Gasteiger partial charge in [0.25, 0.3) is 0 Å². The van der Waals surface area contributed by atoms with Crippen LogP contribution in [0.1, 0.15) is 175 Å². The van der Waals surface area contributed by atoms with Gasteiger partial charge in [0, 0.05) is 38.3 Å². The van der Waals surface area contributed by atoms with E-state index in [9.17, 15) is 0 Å². The van der Waals surface area contributed by atoms with Gasteiger partial charge in [0.1, 0.15) is 0 Å². The lowest BCUT2D eigenvalue weighted by Crippen LogP contribution is -2.14. The van der Waals surface area contributed by atoms with Crippen molar-refractivity contribution in [2.45, 2.75) is 175 Å². The molecule has 0 aliphatic heterocycles. The lowest BCUT2D eigenvalue weighted by Gasteiger charge is -2.17. The summed E-state index contributed by atoms with van der Waals surface area (Å²) in [6.07, 6.45) is 0. The molecule has 0 heterocycles. The summed E-state index contributed by atoms with van der Waals surface area (Å²) < 4.78 is 0. The van der Waals surface area contributed by atoms with Crippen molar-refractivity contribution in [3.8, 4) is 0 Å². The van der Waals surface area contributed by atoms with Crippen LogP contribution in [0.15, 0.2) is 38.3 Å². The van der Waals surface area contributed by atoms with Gasteiger partial charge >= 0.3 is 0 Å². The number of aliphatic imine (C=N–C) groups is 3. The Bertz CT molecular complexity index is 719. The maximum Gasteiger partial charge on any atom is 0.0276 e. The highest BCUT2D eigenvalue weighted by atomic mass is 14.7. The minimum Gasteiger partial charge on any atom is -0.297 e. The molecule has 48 heavy (non-hydrogen) atoms. The van der Waals surface area contributed by atoms with Gasteiger partial charge in [-0.3, -0.25) is 15.0 Å². The molecule has 3 heteroatoms. The second kappa shape index (κ2) is 36.8. The second-order valence-corrected chi connectivity index (χ2v) is 15.5. The molecule has 0 atom stereocenters. The summed E-state index contributed by atoms with van der Waals surface area (Å²) in [4.78, 5) is 12.6. The molecule has 3 nitrogen and oxygen atoms in total. The van der Waals surface area contributed by atoms with E-state index in [0.29, 0.717) is 59.2 Å². The quantitative estimate of drug-likeness (QED) is 0.163. The predicted octanol–water partition coefficient (Wildman–Crippen LogP) is 15.5. The van der Waals surface area contributed by atoms with E-state index < -0.39 is 0 Å². The van der Waals surface area contributed by atoms with Gasteiger partial charge in [0.2, 0.25) is 0 Å². The van der Waals surface area contributed by atoms with E-state index in [4.69, 9.17) is 0 Å². The molecule has 0 aromatic heterocycles. The highest BCUT2D eigenvalue weighted by Gasteiger charge is 2.10. The predicted molar refractivity (Wildman–Crippen MR) is 236 cm³/mol. The standard InChI is InChI=1S/C10H20.3C8H17N.C8H16.3CH4/c1-7(2)10(8(3)4)9(5)6;3*1-6(2)8(9-5)7(3)4;1-6(2)8(5)7(3)4;;;/h7-8H,1-6H3;3*6-7H,1-5H3;6-7H,5H2,1-4H3;3*1H4. The van der Waals surface area contributed by atoms with Crippen LogP contribution >= 0.6 is 0 Å². The zero-order valence-electron chi connectivity index (χ0n) is 35.8. The molecule has 0 fully saturated rings. The van der Waals surface area contributed by atoms with E-state index in [1.165, 1.54) is 28.3 Å². The monoisotopic (exact) mass is 682 g/mol. The van der Waals surface area contributed by atoms with Crippen LogP contribution < -0.4 is 0 Å². The van der Waals surface area contributed by atoms with Crippen LogP contribution in [0.4, 0.5) is 0 Å². The summed E-state index contributed by atoms with van der Waals surface area (Å²) in [6.45, 7) is 52.4. The van der Waals surface area contributed by atoms with Gasteiger partial charge in [-0.15, -0.1) is 0 Å². The van der Waals surface area contributed by atoms with Crippen molar-refractivity contribution in [1.29, 1.82) is 0 Å². The topological polar surface area (TPSA) is 37.1 Å². The molecular weight excluding hydrogens is 583 g/mol. The van der Waals surface area contributed by atoms with Crippen LogP contribution in [0, 0.1) is 59.2 Å². The zero-order valence-corrected chi connectivity index (χ0v) is 35.8. The van der Waals surface area contributed by atoms with Crippen molar-refractivity contribution in [1.82, 2.24) is 0 Å². The maximum absolute atomic E-state index is 4.20. The number of rotatable bonds is 10. The Morgan fingerprint density at radius 3 is 0.500 bits per heavy atom. The Balaban J connectivity index is -0.0000000685. The van der Waals surface area contributed by atoms with Crippen LogP contribution in [-0.2, 0) is 0 Å². The first-order valence-electron chi connectivity index (χ1n) is 18.0. The second-order valence-electron chi connectivity index (χ2n) is 15.5. The van der Waals surface area contributed by atoms with Crippen molar-refractivity contribution in [3.05, 3.63) is 23.3 Å². The molecule has 294 valence electrons. The van der Waals surface area contributed by atoms with Crippen molar-refractivity contribution < 1.29 is 0 Å². The molecule has 0 aromatic carbocycles. The molecule has 0 unspecified atom stereocenters. The van der Waals surface area contributed by atoms with Crippen molar-refractivity contribution >= 4 is 17.1 Å². The third-order valence-corrected chi connectivity index (χ3v) is 7.63. The minimum atomic E-state index is 0. The van der Waals surface area contributed by atoms with Crippen LogP contribution in [0.5, 0.6) is 0 Å². The summed E-state index contributed by atoms with van der Waals surface area (Å²) in [5.41, 5.74) is 8.40. The molecule has 0 aromatic rings. The van der Waals surface area contributed by atoms with Crippen molar-refractivity contribution in [3.63, 3.8) is 0 Å². The summed E-state index contributed by atoms with van der Waals surface area (Å²) in [5.74, 6) is 6.36. The Morgan fingerprint density at radius 2 is 0.500 bits per heavy atom. The molecule has 0 N–H and O–H groups in total. The van der Waals surface area contributed by atoms with E-state index in [1.807, 2.05) is 21.1 Å². The Kier molecular flexibility index (Phi) is 49.7. The molecule has 0 aliphatic rings. The van der Waals surface area contributed by atoms with E-state index >= 15 is 0 Å². The number of hydrogen-bond donors (Lipinski definition) is 0. The largest absolute Gasteiger partial charge is 0.297 e. The summed E-state index contributed by atoms with van der Waals surface area (Å²) in [6, 6.07) is 0. The van der Waals surface area contributed by atoms with Crippen molar-refractivity contribution in [2.75, 3.05) is 21.1 Å². The van der Waals surface area contributed by atoms with Crippen molar-refractivity contribution in [2.24, 2.45) is 74.2 Å². The lowest BCUT2D eigenvalue weighted by molar-refractivity contribution is 0.615. The average molecular weight is 682 g/mol. The zero-order chi connectivity index (χ0) is 37.4. The van der Waals surface area contributed by atoms with Crippen LogP contribution in [0.3, 0.4) is 0 Å². The molecule has 0 saturated heterocycles. The van der Waals surface area contributed by atoms with Crippen LogP contribution in [0.25, 0.3) is 0 Å². The van der Waals surface area contributed by atoms with Gasteiger partial charge in [-0.25, -0.2) is 0 Å². The first-order valence-corrected chi connectivity index (χ1v) is 18.0. The fraction of sp³-hybridized carbons (Fsp3) is 0.844. The average Bonchev–Trinajstić information content (AvgIpc) is 2.84.